The molecule has 8 heteroatoms. The van der Waals surface area contributed by atoms with E-state index in [1.165, 1.54) is 16.6 Å². The number of hydrogen-bond acceptors (Lipinski definition) is 5. The molecule has 2 aromatic heterocycles. The van der Waals surface area contributed by atoms with Gasteiger partial charge in [-0.2, -0.15) is 9.50 Å². The molecule has 1 N–H and O–H groups in total. The van der Waals surface area contributed by atoms with E-state index in [1.807, 2.05) is 19.0 Å². The van der Waals surface area contributed by atoms with Crippen LogP contribution in [0, 0.1) is 12.7 Å². The molecule has 0 unspecified atom stereocenters. The number of oxazole rings is 1. The molecule has 1 amide bonds. The Labute approximate surface area is 138 Å². The van der Waals surface area contributed by atoms with E-state index in [4.69, 9.17) is 4.42 Å². The van der Waals surface area contributed by atoms with Gasteiger partial charge in [0.2, 0.25) is 5.76 Å². The summed E-state index contributed by atoms with van der Waals surface area (Å²) in [5, 5.41) is 7.11. The lowest BCUT2D eigenvalue weighted by molar-refractivity contribution is 0.0924. The molecule has 1 aromatic carbocycles. The Morgan fingerprint density at radius 1 is 1.33 bits per heavy atom. The van der Waals surface area contributed by atoms with Crippen molar-refractivity contribution in [2.24, 2.45) is 0 Å². The molecule has 126 valence electrons. The molecule has 3 aromatic rings. The number of likely N-dealkylation sites (N-methyl/N-ethyl adjacent to an activating group) is 1. The first-order valence-electron chi connectivity index (χ1n) is 7.50. The van der Waals surface area contributed by atoms with Gasteiger partial charge in [-0.3, -0.25) is 4.79 Å². The highest BCUT2D eigenvalue weighted by Gasteiger charge is 2.21. The average Bonchev–Trinajstić information content (AvgIpc) is 3.07. The number of amides is 1. The number of rotatable bonds is 5. The molecule has 3 rings (SSSR count). The summed E-state index contributed by atoms with van der Waals surface area (Å²) in [4.78, 5) is 18.4. The number of halogens is 1. The van der Waals surface area contributed by atoms with Gasteiger partial charge in [0.1, 0.15) is 5.82 Å². The second-order valence-electron chi connectivity index (χ2n) is 5.71. The van der Waals surface area contributed by atoms with Crippen LogP contribution in [0.25, 0.3) is 17.2 Å². The van der Waals surface area contributed by atoms with Crippen molar-refractivity contribution >= 4 is 11.8 Å². The lowest BCUT2D eigenvalue weighted by Crippen LogP contribution is -2.31. The number of carbonyl (C=O) groups excluding carboxylic acids is 1. The lowest BCUT2D eigenvalue weighted by Gasteiger charge is -2.09. The summed E-state index contributed by atoms with van der Waals surface area (Å²) < 4.78 is 20.0. The summed E-state index contributed by atoms with van der Waals surface area (Å²) in [5.74, 6) is 0.204. The van der Waals surface area contributed by atoms with E-state index in [1.54, 1.807) is 19.1 Å². The zero-order chi connectivity index (χ0) is 17.3. The third-order valence-corrected chi connectivity index (χ3v) is 3.57. The minimum Gasteiger partial charge on any atom is -0.416 e. The molecule has 0 bridgehead atoms. The fourth-order valence-electron chi connectivity index (χ4n) is 2.25. The fourth-order valence-corrected chi connectivity index (χ4v) is 2.25. The predicted octanol–water partition coefficient (Wildman–Crippen LogP) is 1.73. The van der Waals surface area contributed by atoms with Crippen LogP contribution in [-0.2, 0) is 0 Å². The van der Waals surface area contributed by atoms with Gasteiger partial charge in [-0.15, -0.1) is 5.10 Å². The van der Waals surface area contributed by atoms with Gasteiger partial charge in [-0.25, -0.2) is 4.39 Å². The predicted molar refractivity (Wildman–Crippen MR) is 86.3 cm³/mol. The molecule has 0 spiro atoms. The molecule has 24 heavy (non-hydrogen) atoms. The molecule has 0 saturated carbocycles. The molecule has 0 aliphatic carbocycles. The van der Waals surface area contributed by atoms with Crippen LogP contribution in [0.5, 0.6) is 0 Å². The number of aromatic nitrogens is 3. The summed E-state index contributed by atoms with van der Waals surface area (Å²) in [5.41, 5.74) is 1.24. The maximum atomic E-state index is 13.0. The number of fused-ring (bicyclic) bond motifs is 1. The number of hydrogen-bond donors (Lipinski definition) is 1. The Kier molecular flexibility index (Phi) is 4.30. The van der Waals surface area contributed by atoms with E-state index in [0.717, 1.165) is 6.54 Å². The summed E-state index contributed by atoms with van der Waals surface area (Å²) >= 11 is 0. The first-order valence-corrected chi connectivity index (χ1v) is 7.50. The Bertz CT molecular complexity index is 867. The monoisotopic (exact) mass is 331 g/mol. The number of aryl methyl sites for hydroxylation is 1. The van der Waals surface area contributed by atoms with E-state index in [-0.39, 0.29) is 23.3 Å². The molecular formula is C16H18FN5O2. The third-order valence-electron chi connectivity index (χ3n) is 3.57. The van der Waals surface area contributed by atoms with Gasteiger partial charge >= 0.3 is 5.84 Å². The van der Waals surface area contributed by atoms with Gasteiger partial charge in [0.25, 0.3) is 5.91 Å². The van der Waals surface area contributed by atoms with E-state index < -0.39 is 0 Å². The standard InChI is InChI=1S/C16H18FN5O2/c1-10-13(15(23)18-8-9-21(2)3)24-16-19-14(20-22(10)16)11-4-6-12(17)7-5-11/h4-7H,8-9H2,1-3H3,(H,18,23). The van der Waals surface area contributed by atoms with Gasteiger partial charge in [0.05, 0.1) is 5.69 Å². The van der Waals surface area contributed by atoms with Crippen molar-refractivity contribution in [2.75, 3.05) is 27.2 Å². The third kappa shape index (κ3) is 3.13. The topological polar surface area (TPSA) is 75.7 Å². The van der Waals surface area contributed by atoms with Crippen molar-refractivity contribution in [3.63, 3.8) is 0 Å². The molecule has 0 radical (unpaired) electrons. The van der Waals surface area contributed by atoms with Crippen LogP contribution in [0.15, 0.2) is 28.7 Å². The normalized spacial score (nSPS) is 11.4. The van der Waals surface area contributed by atoms with Gasteiger partial charge in [0.15, 0.2) is 5.82 Å². The number of carbonyl (C=O) groups is 1. The molecular weight excluding hydrogens is 313 g/mol. The highest BCUT2D eigenvalue weighted by atomic mass is 19.1. The van der Waals surface area contributed by atoms with Crippen LogP contribution >= 0.6 is 0 Å². The molecule has 0 fully saturated rings. The van der Waals surface area contributed by atoms with E-state index >= 15 is 0 Å². The summed E-state index contributed by atoms with van der Waals surface area (Å²) in [6.07, 6.45) is 0. The SMILES string of the molecule is Cc1c(C(=O)NCCN(C)C)oc2nc(-c3ccc(F)cc3)nn12. The molecule has 0 saturated heterocycles. The molecule has 0 aliphatic heterocycles. The van der Waals surface area contributed by atoms with Crippen molar-refractivity contribution in [3.05, 3.63) is 41.5 Å². The average molecular weight is 331 g/mol. The van der Waals surface area contributed by atoms with Crippen molar-refractivity contribution < 1.29 is 13.6 Å². The number of benzene rings is 1. The minimum atomic E-state index is -0.325. The van der Waals surface area contributed by atoms with Gasteiger partial charge < -0.3 is 14.6 Å². The summed E-state index contributed by atoms with van der Waals surface area (Å²) in [6, 6.07) is 5.87. The maximum absolute atomic E-state index is 13.0. The first kappa shape index (κ1) is 16.1. The Balaban J connectivity index is 1.83. The van der Waals surface area contributed by atoms with Crippen LogP contribution in [-0.4, -0.2) is 52.6 Å². The minimum absolute atomic E-state index is 0.189. The van der Waals surface area contributed by atoms with Crippen LogP contribution in [0.2, 0.25) is 0 Å². The maximum Gasteiger partial charge on any atom is 0.325 e. The second-order valence-corrected chi connectivity index (χ2v) is 5.71. The Morgan fingerprint density at radius 3 is 2.67 bits per heavy atom. The molecule has 0 atom stereocenters. The van der Waals surface area contributed by atoms with E-state index in [0.29, 0.717) is 23.6 Å². The van der Waals surface area contributed by atoms with Gasteiger partial charge in [0, 0.05) is 18.7 Å². The zero-order valence-electron chi connectivity index (χ0n) is 13.7. The van der Waals surface area contributed by atoms with E-state index in [2.05, 4.69) is 15.4 Å². The summed E-state index contributed by atoms with van der Waals surface area (Å²) in [6.45, 7) is 2.98. The largest absolute Gasteiger partial charge is 0.416 e. The van der Waals surface area contributed by atoms with Crippen LogP contribution in [0.3, 0.4) is 0 Å². The smallest absolute Gasteiger partial charge is 0.325 e. The number of nitrogens with one attached hydrogen (secondary N) is 1. The van der Waals surface area contributed by atoms with Crippen molar-refractivity contribution in [1.29, 1.82) is 0 Å². The van der Waals surface area contributed by atoms with Crippen LogP contribution in [0.1, 0.15) is 16.2 Å². The quantitative estimate of drug-likeness (QED) is 0.770. The number of nitrogens with zero attached hydrogens (tertiary/aromatic N) is 4. The highest BCUT2D eigenvalue weighted by molar-refractivity contribution is 5.92. The van der Waals surface area contributed by atoms with Crippen molar-refractivity contribution in [1.82, 2.24) is 24.8 Å². The zero-order valence-corrected chi connectivity index (χ0v) is 13.7. The Hall–Kier alpha value is -2.74. The first-order chi connectivity index (χ1) is 11.5. The van der Waals surface area contributed by atoms with Crippen molar-refractivity contribution in [3.8, 4) is 11.4 Å². The van der Waals surface area contributed by atoms with Crippen LogP contribution < -0.4 is 5.32 Å². The molecule has 0 aliphatic rings. The van der Waals surface area contributed by atoms with Gasteiger partial charge in [-0.05, 0) is 45.3 Å². The van der Waals surface area contributed by atoms with Crippen molar-refractivity contribution in [2.45, 2.75) is 6.92 Å². The second kappa shape index (κ2) is 6.40. The molecule has 7 nitrogen and oxygen atoms in total. The fraction of sp³-hybridized carbons (Fsp3) is 0.312. The Morgan fingerprint density at radius 2 is 2.04 bits per heavy atom. The highest BCUT2D eigenvalue weighted by Crippen LogP contribution is 2.20. The lowest BCUT2D eigenvalue weighted by atomic mass is 10.2. The molecule has 2 heterocycles. The van der Waals surface area contributed by atoms with Crippen LogP contribution in [0.4, 0.5) is 4.39 Å². The van der Waals surface area contributed by atoms with Gasteiger partial charge in [-0.1, -0.05) is 0 Å². The summed E-state index contributed by atoms with van der Waals surface area (Å²) in [7, 11) is 3.86. The van der Waals surface area contributed by atoms with E-state index in [9.17, 15) is 9.18 Å².